The van der Waals surface area contributed by atoms with Crippen molar-refractivity contribution in [2.24, 2.45) is 11.3 Å². The predicted octanol–water partition coefficient (Wildman–Crippen LogP) is 3.78. The maximum absolute atomic E-state index is 13.6. The molecule has 0 aromatic heterocycles. The van der Waals surface area contributed by atoms with E-state index in [1.165, 1.54) is 13.2 Å². The SMILES string of the molecule is COC(=O)c1cccc(C(=O)N[C@@H](C(=O)N2CC[C@](O)(c3ccc(Cl)cc3)C(C)(C)C2)C2CC2)c1. The van der Waals surface area contributed by atoms with Crippen LogP contribution >= 0.6 is 11.6 Å². The van der Waals surface area contributed by atoms with Crippen LogP contribution < -0.4 is 5.32 Å². The van der Waals surface area contributed by atoms with Crippen molar-refractivity contribution in [3.8, 4) is 0 Å². The van der Waals surface area contributed by atoms with Crippen molar-refractivity contribution in [1.29, 1.82) is 0 Å². The largest absolute Gasteiger partial charge is 0.465 e. The number of ether oxygens (including phenoxy) is 1. The molecule has 2 aromatic rings. The number of halogens is 1. The lowest BCUT2D eigenvalue weighted by atomic mass is 9.66. The van der Waals surface area contributed by atoms with Gasteiger partial charge in [-0.2, -0.15) is 0 Å². The van der Waals surface area contributed by atoms with Crippen molar-refractivity contribution < 1.29 is 24.2 Å². The number of carbonyl (C=O) groups excluding carboxylic acids is 3. The van der Waals surface area contributed by atoms with Gasteiger partial charge in [-0.1, -0.05) is 43.6 Å². The summed E-state index contributed by atoms with van der Waals surface area (Å²) in [7, 11) is 1.28. The Labute approximate surface area is 210 Å². The topological polar surface area (TPSA) is 95.9 Å². The fourth-order valence-electron chi connectivity index (χ4n) is 4.91. The van der Waals surface area contributed by atoms with Crippen molar-refractivity contribution >= 4 is 29.4 Å². The molecule has 1 heterocycles. The van der Waals surface area contributed by atoms with Gasteiger partial charge in [0.2, 0.25) is 5.91 Å². The highest BCUT2D eigenvalue weighted by Crippen LogP contribution is 2.46. The minimum absolute atomic E-state index is 0.0791. The van der Waals surface area contributed by atoms with Gasteiger partial charge in [0.05, 0.1) is 18.3 Å². The molecule has 2 aliphatic rings. The Morgan fingerprint density at radius 3 is 2.37 bits per heavy atom. The van der Waals surface area contributed by atoms with E-state index >= 15 is 0 Å². The third kappa shape index (κ3) is 5.07. The third-order valence-corrected chi connectivity index (χ3v) is 7.53. The summed E-state index contributed by atoms with van der Waals surface area (Å²) in [6.07, 6.45) is 2.11. The highest BCUT2D eigenvalue weighted by molar-refractivity contribution is 6.30. The van der Waals surface area contributed by atoms with Crippen LogP contribution in [0, 0.1) is 11.3 Å². The van der Waals surface area contributed by atoms with E-state index in [2.05, 4.69) is 5.32 Å². The Morgan fingerprint density at radius 1 is 1.11 bits per heavy atom. The first kappa shape index (κ1) is 25.2. The maximum Gasteiger partial charge on any atom is 0.337 e. The molecule has 0 radical (unpaired) electrons. The van der Waals surface area contributed by atoms with Gasteiger partial charge in [-0.25, -0.2) is 4.79 Å². The lowest BCUT2D eigenvalue weighted by Gasteiger charge is -2.51. The molecule has 0 unspecified atom stereocenters. The monoisotopic (exact) mass is 498 g/mol. The van der Waals surface area contributed by atoms with Crippen LogP contribution in [-0.4, -0.2) is 54.0 Å². The number of likely N-dealkylation sites (tertiary alicyclic amines) is 1. The summed E-state index contributed by atoms with van der Waals surface area (Å²) in [5.74, 6) is -1.00. The smallest absolute Gasteiger partial charge is 0.337 e. The van der Waals surface area contributed by atoms with Crippen molar-refractivity contribution in [1.82, 2.24) is 10.2 Å². The number of hydrogen-bond acceptors (Lipinski definition) is 5. The summed E-state index contributed by atoms with van der Waals surface area (Å²) >= 11 is 6.03. The van der Waals surface area contributed by atoms with Crippen LogP contribution in [0.1, 0.15) is 59.4 Å². The molecule has 1 aliphatic carbocycles. The molecule has 2 aromatic carbocycles. The lowest BCUT2D eigenvalue weighted by Crippen LogP contribution is -2.60. The number of hydrogen-bond donors (Lipinski definition) is 2. The van der Waals surface area contributed by atoms with Crippen LogP contribution in [0.3, 0.4) is 0 Å². The Balaban J connectivity index is 1.49. The number of carbonyl (C=O) groups is 3. The number of methoxy groups -OCH3 is 1. The van der Waals surface area contributed by atoms with Crippen molar-refractivity contribution in [3.05, 3.63) is 70.2 Å². The molecule has 2 atom stereocenters. The van der Waals surface area contributed by atoms with Gasteiger partial charge in [0, 0.05) is 29.1 Å². The van der Waals surface area contributed by atoms with E-state index in [1.54, 1.807) is 35.2 Å². The van der Waals surface area contributed by atoms with E-state index in [-0.39, 0.29) is 17.4 Å². The zero-order valence-corrected chi connectivity index (χ0v) is 21.0. The normalized spacial score (nSPS) is 22.3. The van der Waals surface area contributed by atoms with E-state index in [4.69, 9.17) is 16.3 Å². The molecular weight excluding hydrogens is 468 g/mol. The van der Waals surface area contributed by atoms with Gasteiger partial charge in [-0.05, 0) is 61.1 Å². The van der Waals surface area contributed by atoms with Crippen LogP contribution in [-0.2, 0) is 15.1 Å². The van der Waals surface area contributed by atoms with Crippen molar-refractivity contribution in [2.45, 2.75) is 44.8 Å². The molecule has 0 spiro atoms. The van der Waals surface area contributed by atoms with Gasteiger partial charge in [0.25, 0.3) is 5.91 Å². The number of nitrogens with zero attached hydrogens (tertiary/aromatic N) is 1. The molecule has 2 fully saturated rings. The summed E-state index contributed by atoms with van der Waals surface area (Å²) in [6.45, 7) is 4.62. The van der Waals surface area contributed by atoms with Crippen LogP contribution in [0.2, 0.25) is 5.02 Å². The predicted molar refractivity (Wildman–Crippen MR) is 132 cm³/mol. The molecule has 1 aliphatic heterocycles. The van der Waals surface area contributed by atoms with E-state index in [1.807, 2.05) is 26.0 Å². The number of piperidine rings is 1. The molecule has 1 saturated carbocycles. The van der Waals surface area contributed by atoms with Crippen molar-refractivity contribution in [3.63, 3.8) is 0 Å². The minimum atomic E-state index is -1.11. The summed E-state index contributed by atoms with van der Waals surface area (Å²) in [5, 5.41) is 15.1. The molecule has 7 nitrogen and oxygen atoms in total. The number of esters is 1. The first-order valence-electron chi connectivity index (χ1n) is 11.8. The van der Waals surface area contributed by atoms with Gasteiger partial charge >= 0.3 is 5.97 Å². The summed E-state index contributed by atoms with van der Waals surface area (Å²) in [4.78, 5) is 40.2. The highest BCUT2D eigenvalue weighted by Gasteiger charge is 2.51. The number of benzene rings is 2. The highest BCUT2D eigenvalue weighted by atomic mass is 35.5. The van der Waals surface area contributed by atoms with E-state index < -0.39 is 28.9 Å². The average Bonchev–Trinajstić information content (AvgIpc) is 3.69. The molecule has 0 bridgehead atoms. The zero-order chi connectivity index (χ0) is 25.4. The molecule has 186 valence electrons. The second-order valence-electron chi connectivity index (χ2n) is 10.1. The Morgan fingerprint density at radius 2 is 1.77 bits per heavy atom. The molecule has 4 rings (SSSR count). The Kier molecular flexibility index (Phi) is 6.93. The molecule has 2 N–H and O–H groups in total. The van der Waals surface area contributed by atoms with E-state index in [0.717, 1.165) is 18.4 Å². The van der Waals surface area contributed by atoms with Crippen LogP contribution in [0.15, 0.2) is 48.5 Å². The number of nitrogens with one attached hydrogen (secondary N) is 1. The summed E-state index contributed by atoms with van der Waals surface area (Å²) in [5.41, 5.74) is -0.393. The van der Waals surface area contributed by atoms with Gasteiger partial charge in [-0.3, -0.25) is 9.59 Å². The first-order valence-corrected chi connectivity index (χ1v) is 12.2. The van der Waals surface area contributed by atoms with Gasteiger partial charge in [0.15, 0.2) is 0 Å². The van der Waals surface area contributed by atoms with Crippen LogP contribution in [0.4, 0.5) is 0 Å². The number of amides is 2. The zero-order valence-electron chi connectivity index (χ0n) is 20.2. The minimum Gasteiger partial charge on any atom is -0.465 e. The molecular formula is C27H31ClN2O5. The van der Waals surface area contributed by atoms with Gasteiger partial charge < -0.3 is 20.1 Å². The van der Waals surface area contributed by atoms with Gasteiger partial charge in [0.1, 0.15) is 6.04 Å². The first-order chi connectivity index (χ1) is 16.6. The number of aliphatic hydroxyl groups is 1. The lowest BCUT2D eigenvalue weighted by molar-refractivity contribution is -0.155. The van der Waals surface area contributed by atoms with Crippen LogP contribution in [0.25, 0.3) is 0 Å². The van der Waals surface area contributed by atoms with Crippen LogP contribution in [0.5, 0.6) is 0 Å². The molecule has 8 heteroatoms. The fourth-order valence-corrected chi connectivity index (χ4v) is 5.03. The molecule has 1 saturated heterocycles. The Bertz CT molecular complexity index is 1130. The molecule has 2 amide bonds. The number of rotatable bonds is 6. The second kappa shape index (κ2) is 9.63. The van der Waals surface area contributed by atoms with Gasteiger partial charge in [-0.15, -0.1) is 0 Å². The van der Waals surface area contributed by atoms with E-state index in [0.29, 0.717) is 30.1 Å². The summed E-state index contributed by atoms with van der Waals surface area (Å²) in [6, 6.07) is 12.8. The standard InChI is InChI=1S/C27H31ClN2O5/c1-26(2)16-30(14-13-27(26,34)20-9-11-21(28)12-10-20)24(32)22(17-7-8-17)29-23(31)18-5-4-6-19(15-18)25(33)35-3/h4-6,9-12,15,17,22,34H,7-8,13-14,16H2,1-3H3,(H,29,31)/t22-,27+/m1/s1. The second-order valence-corrected chi connectivity index (χ2v) is 10.6. The maximum atomic E-state index is 13.6. The average molecular weight is 499 g/mol. The Hall–Kier alpha value is -2.90. The summed E-state index contributed by atoms with van der Waals surface area (Å²) < 4.78 is 4.73. The molecule has 35 heavy (non-hydrogen) atoms. The van der Waals surface area contributed by atoms with E-state index in [9.17, 15) is 19.5 Å². The van der Waals surface area contributed by atoms with Crippen molar-refractivity contribution in [2.75, 3.05) is 20.2 Å². The fraction of sp³-hybridized carbons (Fsp3) is 0.444. The third-order valence-electron chi connectivity index (χ3n) is 7.27. The quantitative estimate of drug-likeness (QED) is 0.591.